The van der Waals surface area contributed by atoms with Crippen LogP contribution in [0.1, 0.15) is 35.6 Å². The molecule has 8 heteroatoms. The van der Waals surface area contributed by atoms with Gasteiger partial charge >= 0.3 is 5.97 Å². The van der Waals surface area contributed by atoms with Gasteiger partial charge in [-0.3, -0.25) is 14.9 Å². The van der Waals surface area contributed by atoms with Crippen molar-refractivity contribution in [3.8, 4) is 0 Å². The molecule has 1 N–H and O–H groups in total. The van der Waals surface area contributed by atoms with Crippen LogP contribution in [0.3, 0.4) is 0 Å². The van der Waals surface area contributed by atoms with E-state index in [1.807, 2.05) is 6.92 Å². The van der Waals surface area contributed by atoms with Crippen LogP contribution < -0.4 is 10.2 Å². The van der Waals surface area contributed by atoms with Crippen molar-refractivity contribution in [2.24, 2.45) is 0 Å². The van der Waals surface area contributed by atoms with E-state index in [0.29, 0.717) is 16.4 Å². The molecule has 1 atom stereocenters. The van der Waals surface area contributed by atoms with E-state index in [4.69, 9.17) is 4.74 Å². The van der Waals surface area contributed by atoms with E-state index in [-0.39, 0.29) is 30.7 Å². The van der Waals surface area contributed by atoms with Crippen molar-refractivity contribution in [1.29, 1.82) is 0 Å². The van der Waals surface area contributed by atoms with Gasteiger partial charge in [-0.15, -0.1) is 11.3 Å². The number of anilines is 1. The fourth-order valence-electron chi connectivity index (χ4n) is 2.17. The molecule has 114 valence electrons. The van der Waals surface area contributed by atoms with Crippen LogP contribution in [0.15, 0.2) is 0 Å². The Labute approximate surface area is 126 Å². The third-order valence-corrected chi connectivity index (χ3v) is 4.15. The quantitative estimate of drug-likeness (QED) is 0.655. The van der Waals surface area contributed by atoms with Crippen molar-refractivity contribution < 1.29 is 19.1 Å². The first kappa shape index (κ1) is 15.4. The number of imide groups is 1. The number of ether oxygens (including phenoxy) is 1. The fourth-order valence-corrected chi connectivity index (χ4v) is 3.11. The maximum absolute atomic E-state index is 11.9. The summed E-state index contributed by atoms with van der Waals surface area (Å²) in [5.74, 6) is -1.19. The third kappa shape index (κ3) is 3.05. The molecule has 0 radical (unpaired) electrons. The third-order valence-electron chi connectivity index (χ3n) is 3.14. The van der Waals surface area contributed by atoms with Gasteiger partial charge in [0.05, 0.1) is 6.61 Å². The molecule has 1 aromatic heterocycles. The van der Waals surface area contributed by atoms with E-state index in [2.05, 4.69) is 10.3 Å². The second-order valence-corrected chi connectivity index (χ2v) is 5.77. The molecule has 2 amide bonds. The van der Waals surface area contributed by atoms with E-state index >= 15 is 0 Å². The molecule has 1 saturated heterocycles. The predicted molar refractivity (Wildman–Crippen MR) is 77.4 cm³/mol. The molecule has 0 aromatic carbocycles. The van der Waals surface area contributed by atoms with Crippen molar-refractivity contribution >= 4 is 34.3 Å². The lowest BCUT2D eigenvalue weighted by molar-refractivity contribution is -0.132. The highest BCUT2D eigenvalue weighted by Gasteiger charge is 2.35. The van der Waals surface area contributed by atoms with Crippen LogP contribution in [0.5, 0.6) is 0 Å². The zero-order valence-corrected chi connectivity index (χ0v) is 13.0. The molecule has 1 aliphatic rings. The standard InChI is InChI=1S/C13H17N3O4S/c1-4-8-11(18)14-9(17)6-16(8)13-15-10(7(3)21-13)12(19)20-5-2/h8H,4-6H2,1-3H3,(H,14,17,18). The normalized spacial score (nSPS) is 18.6. The number of piperazine rings is 1. The van der Waals surface area contributed by atoms with Gasteiger partial charge in [0.25, 0.3) is 0 Å². The van der Waals surface area contributed by atoms with Crippen LogP contribution in [-0.2, 0) is 14.3 Å². The number of nitrogens with one attached hydrogen (secondary N) is 1. The minimum Gasteiger partial charge on any atom is -0.461 e. The first-order valence-electron chi connectivity index (χ1n) is 6.72. The lowest BCUT2D eigenvalue weighted by atomic mass is 10.1. The summed E-state index contributed by atoms with van der Waals surface area (Å²) in [5, 5.41) is 2.80. The number of esters is 1. The lowest BCUT2D eigenvalue weighted by Crippen LogP contribution is -2.58. The molecule has 1 fully saturated rings. The van der Waals surface area contributed by atoms with Crippen molar-refractivity contribution in [3.05, 3.63) is 10.6 Å². The van der Waals surface area contributed by atoms with Crippen molar-refractivity contribution in [2.45, 2.75) is 33.2 Å². The van der Waals surface area contributed by atoms with Crippen LogP contribution in [0.25, 0.3) is 0 Å². The van der Waals surface area contributed by atoms with Gasteiger partial charge in [-0.1, -0.05) is 6.92 Å². The van der Waals surface area contributed by atoms with Gasteiger partial charge in [-0.05, 0) is 20.3 Å². The Kier molecular flexibility index (Phi) is 4.56. The molecule has 2 heterocycles. The molecule has 0 aliphatic carbocycles. The molecular weight excluding hydrogens is 294 g/mol. The number of rotatable bonds is 4. The molecule has 21 heavy (non-hydrogen) atoms. The molecule has 0 saturated carbocycles. The summed E-state index contributed by atoms with van der Waals surface area (Å²) in [6, 6.07) is -0.455. The second-order valence-electron chi connectivity index (χ2n) is 4.59. The Morgan fingerprint density at radius 1 is 1.48 bits per heavy atom. The van der Waals surface area contributed by atoms with Gasteiger partial charge in [0, 0.05) is 4.88 Å². The first-order chi connectivity index (χ1) is 9.97. The highest BCUT2D eigenvalue weighted by molar-refractivity contribution is 7.15. The van der Waals surface area contributed by atoms with E-state index < -0.39 is 12.0 Å². The zero-order valence-electron chi connectivity index (χ0n) is 12.1. The number of amides is 2. The molecule has 1 aromatic rings. The van der Waals surface area contributed by atoms with Crippen LogP contribution in [0.2, 0.25) is 0 Å². The maximum Gasteiger partial charge on any atom is 0.358 e. The van der Waals surface area contributed by atoms with Crippen LogP contribution in [0, 0.1) is 6.92 Å². The maximum atomic E-state index is 11.9. The number of aromatic nitrogens is 1. The largest absolute Gasteiger partial charge is 0.461 e. The Hall–Kier alpha value is -1.96. The molecule has 2 rings (SSSR count). The minimum atomic E-state index is -0.488. The van der Waals surface area contributed by atoms with Gasteiger partial charge in [0.2, 0.25) is 11.8 Å². The average molecular weight is 311 g/mol. The number of carbonyl (C=O) groups excluding carboxylic acids is 3. The summed E-state index contributed by atoms with van der Waals surface area (Å²) < 4.78 is 4.95. The highest BCUT2D eigenvalue weighted by atomic mass is 32.1. The summed E-state index contributed by atoms with van der Waals surface area (Å²) in [6.45, 7) is 5.67. The predicted octanol–water partition coefficient (Wildman–Crippen LogP) is 0.870. The number of hydrogen-bond acceptors (Lipinski definition) is 7. The van der Waals surface area contributed by atoms with Crippen molar-refractivity contribution in [2.75, 3.05) is 18.1 Å². The van der Waals surface area contributed by atoms with Gasteiger partial charge in [-0.2, -0.15) is 0 Å². The van der Waals surface area contributed by atoms with Crippen LogP contribution in [-0.4, -0.2) is 42.0 Å². The molecule has 0 bridgehead atoms. The summed E-state index contributed by atoms with van der Waals surface area (Å²) in [4.78, 5) is 41.8. The Balaban J connectivity index is 2.32. The summed E-state index contributed by atoms with van der Waals surface area (Å²) in [7, 11) is 0. The van der Waals surface area contributed by atoms with E-state index in [0.717, 1.165) is 0 Å². The van der Waals surface area contributed by atoms with Gasteiger partial charge < -0.3 is 9.64 Å². The summed E-state index contributed by atoms with van der Waals surface area (Å²) in [6.07, 6.45) is 0.548. The summed E-state index contributed by atoms with van der Waals surface area (Å²) >= 11 is 1.28. The lowest BCUT2D eigenvalue weighted by Gasteiger charge is -2.32. The Morgan fingerprint density at radius 2 is 2.19 bits per heavy atom. The number of thiazole rings is 1. The van der Waals surface area contributed by atoms with E-state index in [1.54, 1.807) is 18.7 Å². The number of aryl methyl sites for hydroxylation is 1. The minimum absolute atomic E-state index is 0.0550. The Bertz CT molecular complexity index is 584. The van der Waals surface area contributed by atoms with E-state index in [1.165, 1.54) is 11.3 Å². The van der Waals surface area contributed by atoms with Crippen molar-refractivity contribution in [1.82, 2.24) is 10.3 Å². The van der Waals surface area contributed by atoms with Gasteiger partial charge in [0.15, 0.2) is 10.8 Å². The van der Waals surface area contributed by atoms with Crippen LogP contribution in [0.4, 0.5) is 5.13 Å². The molecule has 1 aliphatic heterocycles. The molecule has 7 nitrogen and oxygen atoms in total. The Morgan fingerprint density at radius 3 is 2.81 bits per heavy atom. The smallest absolute Gasteiger partial charge is 0.358 e. The van der Waals surface area contributed by atoms with Gasteiger partial charge in [0.1, 0.15) is 12.6 Å². The fraction of sp³-hybridized carbons (Fsp3) is 0.538. The number of nitrogens with zero attached hydrogens (tertiary/aromatic N) is 2. The van der Waals surface area contributed by atoms with Crippen molar-refractivity contribution in [3.63, 3.8) is 0 Å². The molecule has 0 spiro atoms. The second kappa shape index (κ2) is 6.21. The first-order valence-corrected chi connectivity index (χ1v) is 7.54. The average Bonchev–Trinajstić information content (AvgIpc) is 2.80. The highest BCUT2D eigenvalue weighted by Crippen LogP contribution is 2.29. The summed E-state index contributed by atoms with van der Waals surface area (Å²) in [5.41, 5.74) is 0.241. The van der Waals surface area contributed by atoms with E-state index in [9.17, 15) is 14.4 Å². The number of carbonyl (C=O) groups is 3. The zero-order chi connectivity index (χ0) is 15.6. The SMILES string of the molecule is CCOC(=O)c1nc(N2CC(=O)NC(=O)C2CC)sc1C. The molecular formula is C13H17N3O4S. The molecule has 1 unspecified atom stereocenters. The number of hydrogen-bond donors (Lipinski definition) is 1. The monoisotopic (exact) mass is 311 g/mol. The van der Waals surface area contributed by atoms with Gasteiger partial charge in [-0.25, -0.2) is 9.78 Å². The van der Waals surface area contributed by atoms with Crippen LogP contribution >= 0.6 is 11.3 Å². The topological polar surface area (TPSA) is 88.6 Å².